The first kappa shape index (κ1) is 14.7. The predicted molar refractivity (Wildman–Crippen MR) is 86.4 cm³/mol. The van der Waals surface area contributed by atoms with Crippen molar-refractivity contribution in [1.82, 2.24) is 15.0 Å². The van der Waals surface area contributed by atoms with Gasteiger partial charge in [0, 0.05) is 11.8 Å². The van der Waals surface area contributed by atoms with Gasteiger partial charge < -0.3 is 15.4 Å². The summed E-state index contributed by atoms with van der Waals surface area (Å²) < 4.78 is 0. The molecular weight excluding hydrogens is 324 g/mol. The summed E-state index contributed by atoms with van der Waals surface area (Å²) in [6.07, 6.45) is 1.58. The minimum Gasteiger partial charge on any atom is -0.508 e. The van der Waals surface area contributed by atoms with Crippen LogP contribution in [0.1, 0.15) is 0 Å². The molecular formula is C14H11ClN4O2S. The van der Waals surface area contributed by atoms with Crippen molar-refractivity contribution in [3.63, 3.8) is 0 Å². The van der Waals surface area contributed by atoms with E-state index in [-0.39, 0.29) is 17.4 Å². The number of thioether (sulfide) groups is 1. The number of carbonyl (C=O) groups is 1. The van der Waals surface area contributed by atoms with Crippen LogP contribution in [0.5, 0.6) is 5.75 Å². The third-order valence-electron chi connectivity index (χ3n) is 2.80. The fourth-order valence-electron chi connectivity index (χ4n) is 1.81. The molecule has 3 aromatic rings. The number of benzene rings is 1. The molecule has 0 saturated carbocycles. The fourth-order valence-corrected chi connectivity index (χ4v) is 2.65. The molecule has 2 heterocycles. The first-order valence-corrected chi connectivity index (χ1v) is 7.69. The van der Waals surface area contributed by atoms with Gasteiger partial charge in [0.25, 0.3) is 0 Å². The van der Waals surface area contributed by atoms with Crippen LogP contribution in [0.3, 0.4) is 0 Å². The van der Waals surface area contributed by atoms with Crippen molar-refractivity contribution in [3.8, 4) is 5.75 Å². The number of phenols is 1. The Balaban J connectivity index is 1.61. The van der Waals surface area contributed by atoms with Crippen LogP contribution in [-0.4, -0.2) is 31.7 Å². The lowest BCUT2D eigenvalue weighted by Crippen LogP contribution is -2.13. The van der Waals surface area contributed by atoms with Crippen LogP contribution in [0, 0.1) is 0 Å². The van der Waals surface area contributed by atoms with E-state index in [1.165, 1.54) is 23.9 Å². The topological polar surface area (TPSA) is 90.9 Å². The van der Waals surface area contributed by atoms with Gasteiger partial charge in [-0.1, -0.05) is 23.4 Å². The van der Waals surface area contributed by atoms with Gasteiger partial charge >= 0.3 is 0 Å². The van der Waals surface area contributed by atoms with Crippen molar-refractivity contribution in [1.29, 1.82) is 0 Å². The lowest BCUT2D eigenvalue weighted by molar-refractivity contribution is -0.113. The average molecular weight is 335 g/mol. The highest BCUT2D eigenvalue weighted by Crippen LogP contribution is 2.21. The number of aromatic nitrogens is 3. The number of H-pyrrole nitrogens is 1. The summed E-state index contributed by atoms with van der Waals surface area (Å²) in [4.78, 5) is 23.2. The van der Waals surface area contributed by atoms with E-state index in [2.05, 4.69) is 20.3 Å². The SMILES string of the molecule is O=C(CSc1nc2cnc(Cl)cc2[nH]1)Nc1ccc(O)cc1. The first-order valence-electron chi connectivity index (χ1n) is 6.33. The summed E-state index contributed by atoms with van der Waals surface area (Å²) in [5.74, 6) is 0.205. The highest BCUT2D eigenvalue weighted by Gasteiger charge is 2.08. The number of aromatic hydroxyl groups is 1. The van der Waals surface area contributed by atoms with Crippen LogP contribution in [-0.2, 0) is 4.79 Å². The summed E-state index contributed by atoms with van der Waals surface area (Å²) in [6, 6.07) is 7.97. The second kappa shape index (κ2) is 6.25. The lowest BCUT2D eigenvalue weighted by atomic mass is 10.3. The molecule has 0 unspecified atom stereocenters. The predicted octanol–water partition coefficient (Wildman–Crippen LogP) is 3.05. The third kappa shape index (κ3) is 3.49. The number of fused-ring (bicyclic) bond motifs is 1. The van der Waals surface area contributed by atoms with Crippen molar-refractivity contribution < 1.29 is 9.90 Å². The fraction of sp³-hybridized carbons (Fsp3) is 0.0714. The number of hydrogen-bond acceptors (Lipinski definition) is 5. The first-order chi connectivity index (χ1) is 10.6. The van der Waals surface area contributed by atoms with Crippen LogP contribution in [0.2, 0.25) is 5.15 Å². The Morgan fingerprint density at radius 3 is 2.91 bits per heavy atom. The molecule has 3 N–H and O–H groups in total. The number of imidazole rings is 1. The number of nitrogens with one attached hydrogen (secondary N) is 2. The number of nitrogens with zero attached hydrogens (tertiary/aromatic N) is 2. The number of carbonyl (C=O) groups excluding carboxylic acids is 1. The van der Waals surface area contributed by atoms with Gasteiger partial charge in [0.15, 0.2) is 5.16 Å². The normalized spacial score (nSPS) is 10.8. The Kier molecular flexibility index (Phi) is 4.17. The van der Waals surface area contributed by atoms with Gasteiger partial charge in [0.05, 0.1) is 17.5 Å². The molecule has 0 bridgehead atoms. The number of hydrogen-bond donors (Lipinski definition) is 3. The van der Waals surface area contributed by atoms with E-state index in [1.54, 1.807) is 24.4 Å². The second-order valence-corrected chi connectivity index (χ2v) is 5.80. The van der Waals surface area contributed by atoms with Crippen LogP contribution in [0.4, 0.5) is 5.69 Å². The molecule has 3 rings (SSSR count). The molecule has 22 heavy (non-hydrogen) atoms. The lowest BCUT2D eigenvalue weighted by Gasteiger charge is -2.04. The summed E-state index contributed by atoms with van der Waals surface area (Å²) in [5.41, 5.74) is 2.11. The highest BCUT2D eigenvalue weighted by atomic mass is 35.5. The standard InChI is InChI=1S/C14H11ClN4O2S/c15-12-5-10-11(6-16-12)19-14(18-10)22-7-13(21)17-8-1-3-9(20)4-2-8/h1-6,20H,7H2,(H,17,21)(H,18,19). The molecule has 0 fully saturated rings. The maximum Gasteiger partial charge on any atom is 0.234 e. The van der Waals surface area contributed by atoms with E-state index in [9.17, 15) is 9.90 Å². The summed E-state index contributed by atoms with van der Waals surface area (Å²) in [5, 5.41) is 12.9. The van der Waals surface area contributed by atoms with E-state index < -0.39 is 0 Å². The molecule has 0 aliphatic heterocycles. The number of pyridine rings is 1. The molecule has 0 atom stereocenters. The Hall–Kier alpha value is -2.25. The maximum absolute atomic E-state index is 11.9. The average Bonchev–Trinajstić information content (AvgIpc) is 2.89. The van der Waals surface area contributed by atoms with Gasteiger partial charge in [-0.15, -0.1) is 0 Å². The van der Waals surface area contributed by atoms with Crippen molar-refractivity contribution >= 4 is 46.0 Å². The van der Waals surface area contributed by atoms with Crippen LogP contribution in [0.15, 0.2) is 41.7 Å². The van der Waals surface area contributed by atoms with Crippen molar-refractivity contribution in [2.24, 2.45) is 0 Å². The molecule has 2 aromatic heterocycles. The number of rotatable bonds is 4. The van der Waals surface area contributed by atoms with E-state index in [0.717, 1.165) is 5.52 Å². The van der Waals surface area contributed by atoms with Gasteiger partial charge in [-0.25, -0.2) is 9.97 Å². The molecule has 1 aromatic carbocycles. The molecule has 0 aliphatic rings. The number of amides is 1. The molecule has 8 heteroatoms. The van der Waals surface area contributed by atoms with Crippen LogP contribution < -0.4 is 5.32 Å². The monoisotopic (exact) mass is 334 g/mol. The quantitative estimate of drug-likeness (QED) is 0.387. The smallest absolute Gasteiger partial charge is 0.234 e. The second-order valence-electron chi connectivity index (χ2n) is 4.45. The van der Waals surface area contributed by atoms with Crippen LogP contribution >= 0.6 is 23.4 Å². The Morgan fingerprint density at radius 2 is 2.14 bits per heavy atom. The van der Waals surface area contributed by atoms with Gasteiger partial charge in [-0.2, -0.15) is 0 Å². The van der Waals surface area contributed by atoms with Gasteiger partial charge in [-0.3, -0.25) is 4.79 Å². The zero-order valence-electron chi connectivity index (χ0n) is 11.2. The van der Waals surface area contributed by atoms with Crippen molar-refractivity contribution in [2.75, 3.05) is 11.1 Å². The minimum atomic E-state index is -0.160. The number of aromatic amines is 1. The van der Waals surface area contributed by atoms with E-state index in [0.29, 0.717) is 21.5 Å². The molecule has 0 aliphatic carbocycles. The zero-order chi connectivity index (χ0) is 15.5. The Bertz CT molecular complexity index is 819. The van der Waals surface area contributed by atoms with Crippen LogP contribution in [0.25, 0.3) is 11.0 Å². The van der Waals surface area contributed by atoms with Crippen molar-refractivity contribution in [2.45, 2.75) is 5.16 Å². The number of anilines is 1. The molecule has 6 nitrogen and oxygen atoms in total. The number of phenolic OH excluding ortho intramolecular Hbond substituents is 1. The summed E-state index contributed by atoms with van der Waals surface area (Å²) >= 11 is 7.09. The van der Waals surface area contributed by atoms with E-state index in [1.807, 2.05) is 0 Å². The van der Waals surface area contributed by atoms with E-state index in [4.69, 9.17) is 11.6 Å². The Labute approximate surface area is 134 Å². The minimum absolute atomic E-state index is 0.155. The van der Waals surface area contributed by atoms with Crippen molar-refractivity contribution in [3.05, 3.63) is 41.7 Å². The van der Waals surface area contributed by atoms with Gasteiger partial charge in [0.2, 0.25) is 5.91 Å². The molecule has 0 radical (unpaired) electrons. The maximum atomic E-state index is 11.9. The molecule has 1 amide bonds. The summed E-state index contributed by atoms with van der Waals surface area (Å²) in [6.45, 7) is 0. The summed E-state index contributed by atoms with van der Waals surface area (Å²) in [7, 11) is 0. The largest absolute Gasteiger partial charge is 0.508 e. The zero-order valence-corrected chi connectivity index (χ0v) is 12.8. The number of halogens is 1. The molecule has 0 spiro atoms. The molecule has 112 valence electrons. The third-order valence-corrected chi connectivity index (χ3v) is 3.88. The Morgan fingerprint density at radius 1 is 1.36 bits per heavy atom. The highest BCUT2D eigenvalue weighted by molar-refractivity contribution is 7.99. The molecule has 0 saturated heterocycles. The van der Waals surface area contributed by atoms with E-state index >= 15 is 0 Å². The van der Waals surface area contributed by atoms with Gasteiger partial charge in [-0.05, 0) is 24.3 Å². The van der Waals surface area contributed by atoms with Gasteiger partial charge in [0.1, 0.15) is 16.4 Å².